The Morgan fingerprint density at radius 2 is 2.05 bits per heavy atom. The first-order valence-corrected chi connectivity index (χ1v) is 9.11. The van der Waals surface area contributed by atoms with E-state index in [0.29, 0.717) is 30.9 Å². The predicted octanol–water partition coefficient (Wildman–Crippen LogP) is 2.34. The van der Waals surface area contributed by atoms with E-state index in [9.17, 15) is 4.21 Å². The summed E-state index contributed by atoms with van der Waals surface area (Å²) < 4.78 is 23.7. The highest BCUT2D eigenvalue weighted by molar-refractivity contribution is 7.85. The van der Waals surface area contributed by atoms with E-state index in [1.165, 1.54) is 12.8 Å². The SMILES string of the molecule is CCCNC(CS(=O)c1ccc2c(c1)OCCO2)C1CC1. The summed E-state index contributed by atoms with van der Waals surface area (Å²) in [6, 6.07) is 6.01. The first-order chi connectivity index (χ1) is 10.3. The van der Waals surface area contributed by atoms with Crippen molar-refractivity contribution >= 4 is 10.8 Å². The lowest BCUT2D eigenvalue weighted by molar-refractivity contribution is 0.171. The molecule has 3 rings (SSSR count). The molecule has 0 spiro atoms. The highest BCUT2D eigenvalue weighted by Gasteiger charge is 2.32. The largest absolute Gasteiger partial charge is 0.486 e. The molecule has 0 aromatic heterocycles. The van der Waals surface area contributed by atoms with Crippen LogP contribution in [0, 0.1) is 5.92 Å². The molecule has 2 atom stereocenters. The monoisotopic (exact) mass is 309 g/mol. The van der Waals surface area contributed by atoms with Crippen molar-refractivity contribution < 1.29 is 13.7 Å². The molecular weight excluding hydrogens is 286 g/mol. The van der Waals surface area contributed by atoms with E-state index in [2.05, 4.69) is 12.2 Å². The minimum atomic E-state index is -0.994. The van der Waals surface area contributed by atoms with Crippen molar-refractivity contribution in [3.05, 3.63) is 18.2 Å². The van der Waals surface area contributed by atoms with E-state index in [4.69, 9.17) is 9.47 Å². The maximum absolute atomic E-state index is 12.6. The van der Waals surface area contributed by atoms with Crippen molar-refractivity contribution in [2.45, 2.75) is 37.1 Å². The molecule has 1 heterocycles. The van der Waals surface area contributed by atoms with Crippen LogP contribution in [0.2, 0.25) is 0 Å². The van der Waals surface area contributed by atoms with Gasteiger partial charge in [0, 0.05) is 22.8 Å². The third kappa shape index (κ3) is 3.77. The van der Waals surface area contributed by atoms with Gasteiger partial charge in [-0.3, -0.25) is 4.21 Å². The van der Waals surface area contributed by atoms with Crippen molar-refractivity contribution in [2.75, 3.05) is 25.5 Å². The number of hydrogen-bond donors (Lipinski definition) is 1. The number of hydrogen-bond acceptors (Lipinski definition) is 4. The topological polar surface area (TPSA) is 47.6 Å². The second kappa shape index (κ2) is 6.79. The molecule has 2 aliphatic rings. The van der Waals surface area contributed by atoms with E-state index in [1.54, 1.807) is 0 Å². The molecule has 1 aliphatic heterocycles. The summed E-state index contributed by atoms with van der Waals surface area (Å²) in [7, 11) is -0.994. The van der Waals surface area contributed by atoms with Gasteiger partial charge >= 0.3 is 0 Å². The summed E-state index contributed by atoms with van der Waals surface area (Å²) >= 11 is 0. The van der Waals surface area contributed by atoms with Crippen LogP contribution in [0.3, 0.4) is 0 Å². The lowest BCUT2D eigenvalue weighted by Gasteiger charge is -2.20. The second-order valence-electron chi connectivity index (χ2n) is 5.72. The lowest BCUT2D eigenvalue weighted by Crippen LogP contribution is -2.36. The van der Waals surface area contributed by atoms with Crippen LogP contribution in [0.25, 0.3) is 0 Å². The first-order valence-electron chi connectivity index (χ1n) is 7.79. The van der Waals surface area contributed by atoms with Crippen LogP contribution in [0.4, 0.5) is 0 Å². The smallest absolute Gasteiger partial charge is 0.162 e. The summed E-state index contributed by atoms with van der Waals surface area (Å²) in [5.41, 5.74) is 0. The molecule has 1 N–H and O–H groups in total. The molecule has 0 radical (unpaired) electrons. The van der Waals surface area contributed by atoms with Gasteiger partial charge in [0.05, 0.1) is 10.8 Å². The molecule has 5 heteroatoms. The Hall–Kier alpha value is -1.07. The van der Waals surface area contributed by atoms with Gasteiger partial charge in [0.15, 0.2) is 11.5 Å². The Balaban J connectivity index is 1.66. The van der Waals surface area contributed by atoms with Gasteiger partial charge in [0.25, 0.3) is 0 Å². The fraction of sp³-hybridized carbons (Fsp3) is 0.625. The Bertz CT molecular complexity index is 516. The molecule has 21 heavy (non-hydrogen) atoms. The third-order valence-corrected chi connectivity index (χ3v) is 5.40. The van der Waals surface area contributed by atoms with Gasteiger partial charge in [-0.15, -0.1) is 0 Å². The van der Waals surface area contributed by atoms with Crippen molar-refractivity contribution in [1.82, 2.24) is 5.32 Å². The van der Waals surface area contributed by atoms with Crippen LogP contribution in [0.15, 0.2) is 23.1 Å². The average Bonchev–Trinajstić information content (AvgIpc) is 3.35. The molecular formula is C16H23NO3S. The molecule has 1 aromatic carbocycles. The zero-order valence-corrected chi connectivity index (χ0v) is 13.3. The number of benzene rings is 1. The first kappa shape index (κ1) is 14.9. The average molecular weight is 309 g/mol. The van der Waals surface area contributed by atoms with E-state index in [-0.39, 0.29) is 0 Å². The molecule has 1 saturated carbocycles. The van der Waals surface area contributed by atoms with Crippen molar-refractivity contribution in [3.63, 3.8) is 0 Å². The Morgan fingerprint density at radius 3 is 2.76 bits per heavy atom. The van der Waals surface area contributed by atoms with Gasteiger partial charge in [-0.25, -0.2) is 0 Å². The van der Waals surface area contributed by atoms with E-state index in [1.807, 2.05) is 18.2 Å². The second-order valence-corrected chi connectivity index (χ2v) is 7.21. The molecule has 2 unspecified atom stereocenters. The van der Waals surface area contributed by atoms with Crippen LogP contribution < -0.4 is 14.8 Å². The fourth-order valence-corrected chi connectivity index (χ4v) is 3.98. The molecule has 1 aliphatic carbocycles. The summed E-state index contributed by atoms with van der Waals surface area (Å²) in [5.74, 6) is 2.86. The van der Waals surface area contributed by atoms with Crippen LogP contribution in [0.5, 0.6) is 11.5 Å². The molecule has 0 bridgehead atoms. The highest BCUT2D eigenvalue weighted by atomic mass is 32.2. The normalized spacial score (nSPS) is 20.0. The lowest BCUT2D eigenvalue weighted by atomic mass is 10.2. The van der Waals surface area contributed by atoms with Gasteiger partial charge in [-0.2, -0.15) is 0 Å². The van der Waals surface area contributed by atoms with Gasteiger partial charge in [0.2, 0.25) is 0 Å². The standard InChI is InChI=1S/C16H23NO3S/c1-2-7-17-14(12-3-4-12)11-21(18)13-5-6-15-16(10-13)20-9-8-19-15/h5-6,10,12,14,17H,2-4,7-9,11H2,1H3. The Morgan fingerprint density at radius 1 is 1.29 bits per heavy atom. The van der Waals surface area contributed by atoms with E-state index in [0.717, 1.165) is 29.4 Å². The minimum Gasteiger partial charge on any atom is -0.486 e. The summed E-state index contributed by atoms with van der Waals surface area (Å²) in [5, 5.41) is 3.55. The zero-order valence-electron chi connectivity index (χ0n) is 12.5. The fourth-order valence-electron chi connectivity index (χ4n) is 2.61. The Labute approximate surface area is 128 Å². The van der Waals surface area contributed by atoms with Gasteiger partial charge in [0.1, 0.15) is 13.2 Å². The molecule has 4 nitrogen and oxygen atoms in total. The zero-order chi connectivity index (χ0) is 14.7. The van der Waals surface area contributed by atoms with E-state index >= 15 is 0 Å². The summed E-state index contributed by atoms with van der Waals surface area (Å²) in [6.45, 7) is 4.31. The quantitative estimate of drug-likeness (QED) is 0.840. The van der Waals surface area contributed by atoms with E-state index < -0.39 is 10.8 Å². The number of rotatable bonds is 7. The molecule has 0 saturated heterocycles. The predicted molar refractivity (Wildman–Crippen MR) is 83.5 cm³/mol. The van der Waals surface area contributed by atoms with Crippen LogP contribution in [-0.4, -0.2) is 35.8 Å². The van der Waals surface area contributed by atoms with Gasteiger partial charge in [-0.05, 0) is 43.9 Å². The van der Waals surface area contributed by atoms with Crippen molar-refractivity contribution in [1.29, 1.82) is 0 Å². The van der Waals surface area contributed by atoms with Crippen molar-refractivity contribution in [3.8, 4) is 11.5 Å². The highest BCUT2D eigenvalue weighted by Crippen LogP contribution is 2.35. The minimum absolute atomic E-state index is 0.374. The molecule has 1 aromatic rings. The molecule has 1 fully saturated rings. The third-order valence-electron chi connectivity index (χ3n) is 3.96. The van der Waals surface area contributed by atoms with Crippen LogP contribution >= 0.6 is 0 Å². The number of ether oxygens (including phenoxy) is 2. The maximum atomic E-state index is 12.6. The van der Waals surface area contributed by atoms with Gasteiger partial charge in [-0.1, -0.05) is 6.92 Å². The molecule has 0 amide bonds. The maximum Gasteiger partial charge on any atom is 0.162 e. The molecule has 116 valence electrons. The summed E-state index contributed by atoms with van der Waals surface area (Å²) in [6.07, 6.45) is 3.64. The number of nitrogens with one attached hydrogen (secondary N) is 1. The Kier molecular flexibility index (Phi) is 4.80. The number of fused-ring (bicyclic) bond motifs is 1. The van der Waals surface area contributed by atoms with Crippen LogP contribution in [0.1, 0.15) is 26.2 Å². The van der Waals surface area contributed by atoms with Gasteiger partial charge < -0.3 is 14.8 Å². The van der Waals surface area contributed by atoms with Crippen LogP contribution in [-0.2, 0) is 10.8 Å². The van der Waals surface area contributed by atoms with Crippen molar-refractivity contribution in [2.24, 2.45) is 5.92 Å². The summed E-state index contributed by atoms with van der Waals surface area (Å²) in [4.78, 5) is 0.836.